The van der Waals surface area contributed by atoms with Crippen molar-refractivity contribution in [3.63, 3.8) is 0 Å². The molecule has 2 aromatic carbocycles. The summed E-state index contributed by atoms with van der Waals surface area (Å²) in [6.07, 6.45) is 0.549. The molecule has 0 aliphatic carbocycles. The molecule has 0 aliphatic rings. The fraction of sp³-hybridized carbons (Fsp3) is 0.286. The summed E-state index contributed by atoms with van der Waals surface area (Å²) in [6.45, 7) is 4.07. The largest absolute Gasteiger partial charge is 0.479 e. The molecule has 0 bridgehead atoms. The minimum atomic E-state index is -1.10. The van der Waals surface area contributed by atoms with Crippen LogP contribution in [0.5, 0.6) is 0 Å². The van der Waals surface area contributed by atoms with Crippen molar-refractivity contribution < 1.29 is 19.5 Å². The molecule has 0 spiro atoms. The van der Waals surface area contributed by atoms with Crippen LogP contribution >= 0.6 is 0 Å². The molecule has 27 heavy (non-hydrogen) atoms. The number of carboxylic acid groups (broad SMARTS) is 1. The minimum absolute atomic E-state index is 0.129. The van der Waals surface area contributed by atoms with Gasteiger partial charge in [-0.25, -0.2) is 4.79 Å². The van der Waals surface area contributed by atoms with Gasteiger partial charge in [-0.15, -0.1) is 0 Å². The third-order valence-corrected chi connectivity index (χ3v) is 4.41. The van der Waals surface area contributed by atoms with Crippen molar-refractivity contribution in [3.05, 3.63) is 70.8 Å². The average molecular weight is 368 g/mol. The van der Waals surface area contributed by atoms with E-state index in [-0.39, 0.29) is 18.2 Å². The van der Waals surface area contributed by atoms with Gasteiger partial charge in [0, 0.05) is 18.5 Å². The number of aryl methyl sites for hydroxylation is 1. The standard InChI is InChI=1S/C21H24N2O4/c1-14-8-6-11-17(15(14)2)19(21(26)27)23-18(24)12-7-13-22-20(25)16-9-4-3-5-10-16/h3-6,8-11,19H,7,12-13H2,1-2H3,(H,22,25)(H,23,24)(H,26,27). The predicted octanol–water partition coefficient (Wildman–Crippen LogP) is 2.76. The van der Waals surface area contributed by atoms with Crippen molar-refractivity contribution in [2.45, 2.75) is 32.7 Å². The van der Waals surface area contributed by atoms with E-state index in [1.165, 1.54) is 0 Å². The highest BCUT2D eigenvalue weighted by atomic mass is 16.4. The summed E-state index contributed by atoms with van der Waals surface area (Å²) < 4.78 is 0. The highest BCUT2D eigenvalue weighted by Crippen LogP contribution is 2.21. The molecule has 0 aromatic heterocycles. The van der Waals surface area contributed by atoms with E-state index >= 15 is 0 Å². The van der Waals surface area contributed by atoms with Crippen LogP contribution in [-0.4, -0.2) is 29.4 Å². The molecule has 0 heterocycles. The van der Waals surface area contributed by atoms with E-state index in [0.717, 1.165) is 11.1 Å². The van der Waals surface area contributed by atoms with E-state index in [1.807, 2.05) is 26.0 Å². The van der Waals surface area contributed by atoms with Crippen LogP contribution in [0.2, 0.25) is 0 Å². The van der Waals surface area contributed by atoms with Crippen molar-refractivity contribution in [3.8, 4) is 0 Å². The quantitative estimate of drug-likeness (QED) is 0.624. The number of benzene rings is 2. The first kappa shape index (κ1) is 20.2. The Labute approximate surface area is 158 Å². The predicted molar refractivity (Wildman–Crippen MR) is 102 cm³/mol. The highest BCUT2D eigenvalue weighted by molar-refractivity contribution is 5.94. The second-order valence-corrected chi connectivity index (χ2v) is 6.35. The molecule has 142 valence electrons. The lowest BCUT2D eigenvalue weighted by atomic mass is 9.97. The van der Waals surface area contributed by atoms with Gasteiger partial charge in [-0.1, -0.05) is 36.4 Å². The maximum Gasteiger partial charge on any atom is 0.330 e. The van der Waals surface area contributed by atoms with Gasteiger partial charge in [-0.3, -0.25) is 9.59 Å². The van der Waals surface area contributed by atoms with Gasteiger partial charge in [0.25, 0.3) is 5.91 Å². The molecule has 6 heteroatoms. The number of carboxylic acids is 1. The summed E-state index contributed by atoms with van der Waals surface area (Å²) in [7, 11) is 0. The molecule has 2 amide bonds. The number of carbonyl (C=O) groups excluding carboxylic acids is 2. The van der Waals surface area contributed by atoms with Gasteiger partial charge in [0.05, 0.1) is 0 Å². The Morgan fingerprint density at radius 1 is 1.00 bits per heavy atom. The van der Waals surface area contributed by atoms with Crippen molar-refractivity contribution in [1.29, 1.82) is 0 Å². The van der Waals surface area contributed by atoms with E-state index in [0.29, 0.717) is 24.1 Å². The molecule has 6 nitrogen and oxygen atoms in total. The first-order chi connectivity index (χ1) is 12.9. The highest BCUT2D eigenvalue weighted by Gasteiger charge is 2.23. The van der Waals surface area contributed by atoms with Crippen molar-refractivity contribution in [2.75, 3.05) is 6.54 Å². The van der Waals surface area contributed by atoms with Crippen LogP contribution in [-0.2, 0) is 9.59 Å². The first-order valence-electron chi connectivity index (χ1n) is 8.81. The van der Waals surface area contributed by atoms with E-state index in [2.05, 4.69) is 10.6 Å². The molecule has 0 aliphatic heterocycles. The average Bonchev–Trinajstić information content (AvgIpc) is 2.66. The number of carbonyl (C=O) groups is 3. The van der Waals surface area contributed by atoms with E-state index in [4.69, 9.17) is 0 Å². The number of nitrogens with one attached hydrogen (secondary N) is 2. The van der Waals surface area contributed by atoms with Gasteiger partial charge < -0.3 is 15.7 Å². The fourth-order valence-corrected chi connectivity index (χ4v) is 2.73. The lowest BCUT2D eigenvalue weighted by molar-refractivity contribution is -0.142. The lowest BCUT2D eigenvalue weighted by Gasteiger charge is -2.18. The monoisotopic (exact) mass is 368 g/mol. The van der Waals surface area contributed by atoms with Crippen molar-refractivity contribution >= 4 is 17.8 Å². The van der Waals surface area contributed by atoms with E-state index in [9.17, 15) is 19.5 Å². The number of aliphatic carboxylic acids is 1. The van der Waals surface area contributed by atoms with Crippen molar-refractivity contribution in [2.24, 2.45) is 0 Å². The van der Waals surface area contributed by atoms with Crippen LogP contribution in [0.4, 0.5) is 0 Å². The molecule has 1 unspecified atom stereocenters. The second kappa shape index (κ2) is 9.52. The summed E-state index contributed by atoms with van der Waals surface area (Å²) >= 11 is 0. The Balaban J connectivity index is 1.85. The molecular weight excluding hydrogens is 344 g/mol. The zero-order chi connectivity index (χ0) is 19.8. The van der Waals surface area contributed by atoms with Gasteiger partial charge in [-0.2, -0.15) is 0 Å². The lowest BCUT2D eigenvalue weighted by Crippen LogP contribution is -2.34. The Kier molecular flexibility index (Phi) is 7.11. The minimum Gasteiger partial charge on any atom is -0.479 e. The zero-order valence-electron chi connectivity index (χ0n) is 15.5. The SMILES string of the molecule is Cc1cccc(C(NC(=O)CCCNC(=O)c2ccccc2)C(=O)O)c1C. The Morgan fingerprint density at radius 2 is 1.70 bits per heavy atom. The molecule has 1 atom stereocenters. The van der Waals surface area contributed by atoms with Crippen LogP contribution in [0.15, 0.2) is 48.5 Å². The topological polar surface area (TPSA) is 95.5 Å². The number of amides is 2. The normalized spacial score (nSPS) is 11.5. The summed E-state index contributed by atoms with van der Waals surface area (Å²) in [4.78, 5) is 35.7. The molecule has 0 radical (unpaired) electrons. The Bertz CT molecular complexity index is 818. The fourth-order valence-electron chi connectivity index (χ4n) is 2.73. The summed E-state index contributed by atoms with van der Waals surface area (Å²) in [5.41, 5.74) is 2.95. The van der Waals surface area contributed by atoms with Crippen molar-refractivity contribution in [1.82, 2.24) is 10.6 Å². The molecule has 0 fully saturated rings. The smallest absolute Gasteiger partial charge is 0.330 e. The zero-order valence-corrected chi connectivity index (χ0v) is 15.5. The van der Waals surface area contributed by atoms with E-state index in [1.54, 1.807) is 36.4 Å². The van der Waals surface area contributed by atoms with Gasteiger partial charge >= 0.3 is 5.97 Å². The Morgan fingerprint density at radius 3 is 2.37 bits per heavy atom. The van der Waals surface area contributed by atoms with Gasteiger partial charge in [-0.05, 0) is 49.1 Å². The van der Waals surface area contributed by atoms with Gasteiger partial charge in [0.15, 0.2) is 6.04 Å². The summed E-state index contributed by atoms with van der Waals surface area (Å²) in [6, 6.07) is 13.1. The molecular formula is C21H24N2O4. The number of hydrogen-bond donors (Lipinski definition) is 3. The maximum absolute atomic E-state index is 12.2. The molecule has 2 aromatic rings. The summed E-state index contributed by atoms with van der Waals surface area (Å²) in [5.74, 6) is -1.67. The maximum atomic E-state index is 12.2. The molecule has 2 rings (SSSR count). The van der Waals surface area contributed by atoms with Crippen LogP contribution in [0, 0.1) is 13.8 Å². The van der Waals surface area contributed by atoms with E-state index < -0.39 is 12.0 Å². The Hall–Kier alpha value is -3.15. The second-order valence-electron chi connectivity index (χ2n) is 6.35. The molecule has 0 saturated carbocycles. The van der Waals surface area contributed by atoms with Gasteiger partial charge in [0.2, 0.25) is 5.91 Å². The number of rotatable bonds is 8. The molecule has 3 N–H and O–H groups in total. The van der Waals surface area contributed by atoms with Crippen LogP contribution in [0.25, 0.3) is 0 Å². The van der Waals surface area contributed by atoms with Gasteiger partial charge in [0.1, 0.15) is 0 Å². The third kappa shape index (κ3) is 5.67. The first-order valence-corrected chi connectivity index (χ1v) is 8.81. The summed E-state index contributed by atoms with van der Waals surface area (Å²) in [5, 5.41) is 14.8. The van der Waals surface area contributed by atoms with Crippen LogP contribution in [0.1, 0.15) is 45.9 Å². The van der Waals surface area contributed by atoms with Crippen LogP contribution < -0.4 is 10.6 Å². The molecule has 0 saturated heterocycles. The number of hydrogen-bond acceptors (Lipinski definition) is 3. The third-order valence-electron chi connectivity index (χ3n) is 4.41. The van der Waals surface area contributed by atoms with Crippen LogP contribution in [0.3, 0.4) is 0 Å².